The Morgan fingerprint density at radius 3 is 2.36 bits per heavy atom. The molecule has 0 unspecified atom stereocenters. The van der Waals surface area contributed by atoms with E-state index in [1.165, 1.54) is 6.92 Å². The SMILES string of the molecule is C[C@@]1(C(=O)O)CCCN1O.Cl. The molecule has 4 nitrogen and oxygen atoms in total. The molecule has 0 aromatic rings. The van der Waals surface area contributed by atoms with Crippen molar-refractivity contribution in [1.82, 2.24) is 5.06 Å². The summed E-state index contributed by atoms with van der Waals surface area (Å²) in [5.74, 6) is -0.951. The molecule has 11 heavy (non-hydrogen) atoms. The normalized spacial score (nSPS) is 31.5. The number of nitrogens with zero attached hydrogens (tertiary/aromatic N) is 1. The van der Waals surface area contributed by atoms with Crippen LogP contribution in [-0.2, 0) is 4.79 Å². The molecule has 0 aliphatic carbocycles. The number of rotatable bonds is 1. The number of hydrogen-bond acceptors (Lipinski definition) is 3. The van der Waals surface area contributed by atoms with Crippen LogP contribution in [0.2, 0.25) is 0 Å². The summed E-state index contributed by atoms with van der Waals surface area (Å²) in [6.45, 7) is 1.99. The van der Waals surface area contributed by atoms with Crippen molar-refractivity contribution in [3.63, 3.8) is 0 Å². The van der Waals surface area contributed by atoms with E-state index in [0.717, 1.165) is 11.5 Å². The van der Waals surface area contributed by atoms with Crippen LogP contribution in [-0.4, -0.2) is 33.4 Å². The molecule has 5 heteroatoms. The Kier molecular flexibility index (Phi) is 3.29. The maximum absolute atomic E-state index is 10.5. The molecule has 0 bridgehead atoms. The summed E-state index contributed by atoms with van der Waals surface area (Å²) < 4.78 is 0. The molecule has 66 valence electrons. The van der Waals surface area contributed by atoms with Crippen LogP contribution < -0.4 is 0 Å². The first kappa shape index (κ1) is 10.7. The topological polar surface area (TPSA) is 60.8 Å². The third-order valence-electron chi connectivity index (χ3n) is 2.06. The zero-order valence-corrected chi connectivity index (χ0v) is 7.10. The number of carboxylic acids is 1. The highest BCUT2D eigenvalue weighted by Gasteiger charge is 2.42. The summed E-state index contributed by atoms with van der Waals surface area (Å²) in [6, 6.07) is 0. The second-order valence-corrected chi connectivity index (χ2v) is 2.81. The van der Waals surface area contributed by atoms with Gasteiger partial charge in [-0.25, -0.2) is 0 Å². The van der Waals surface area contributed by atoms with Gasteiger partial charge in [-0.2, -0.15) is 5.06 Å². The van der Waals surface area contributed by atoms with Gasteiger partial charge in [-0.15, -0.1) is 12.4 Å². The van der Waals surface area contributed by atoms with E-state index < -0.39 is 11.5 Å². The van der Waals surface area contributed by atoms with Gasteiger partial charge in [0.25, 0.3) is 0 Å². The molecule has 0 radical (unpaired) electrons. The zero-order chi connectivity index (χ0) is 7.78. The highest BCUT2D eigenvalue weighted by Crippen LogP contribution is 2.26. The first-order valence-electron chi connectivity index (χ1n) is 3.27. The van der Waals surface area contributed by atoms with Gasteiger partial charge in [0.2, 0.25) is 0 Å². The molecular weight excluding hydrogens is 170 g/mol. The van der Waals surface area contributed by atoms with Crippen LogP contribution in [0.4, 0.5) is 0 Å². The predicted molar refractivity (Wildman–Crippen MR) is 41.0 cm³/mol. The maximum Gasteiger partial charge on any atom is 0.326 e. The second-order valence-electron chi connectivity index (χ2n) is 2.81. The Morgan fingerprint density at radius 2 is 2.18 bits per heavy atom. The Hall–Kier alpha value is -0.320. The minimum absolute atomic E-state index is 0. The Bertz CT molecular complexity index is 164. The average molecular weight is 182 g/mol. The summed E-state index contributed by atoms with van der Waals surface area (Å²) >= 11 is 0. The van der Waals surface area contributed by atoms with Gasteiger partial charge in [-0.3, -0.25) is 4.79 Å². The van der Waals surface area contributed by atoms with Crippen molar-refractivity contribution in [2.75, 3.05) is 6.54 Å². The van der Waals surface area contributed by atoms with Gasteiger partial charge >= 0.3 is 5.97 Å². The first-order chi connectivity index (χ1) is 4.57. The molecule has 0 aromatic heterocycles. The molecule has 0 spiro atoms. The molecule has 1 fully saturated rings. The molecule has 1 rings (SSSR count). The van der Waals surface area contributed by atoms with E-state index in [0.29, 0.717) is 13.0 Å². The van der Waals surface area contributed by atoms with Crippen molar-refractivity contribution >= 4 is 18.4 Å². The van der Waals surface area contributed by atoms with Crippen LogP contribution in [0.5, 0.6) is 0 Å². The lowest BCUT2D eigenvalue weighted by molar-refractivity contribution is -0.180. The third-order valence-corrected chi connectivity index (χ3v) is 2.06. The van der Waals surface area contributed by atoms with E-state index in [1.807, 2.05) is 0 Å². The van der Waals surface area contributed by atoms with Crippen molar-refractivity contribution in [2.24, 2.45) is 0 Å². The van der Waals surface area contributed by atoms with Crippen LogP contribution in [0.15, 0.2) is 0 Å². The summed E-state index contributed by atoms with van der Waals surface area (Å²) in [5, 5.41) is 18.6. The van der Waals surface area contributed by atoms with Crippen molar-refractivity contribution < 1.29 is 15.1 Å². The Morgan fingerprint density at radius 1 is 1.64 bits per heavy atom. The minimum Gasteiger partial charge on any atom is -0.480 e. The molecule has 1 heterocycles. The van der Waals surface area contributed by atoms with Gasteiger partial charge in [-0.05, 0) is 19.8 Å². The van der Waals surface area contributed by atoms with Gasteiger partial charge in [0, 0.05) is 6.54 Å². The van der Waals surface area contributed by atoms with Crippen LogP contribution in [0, 0.1) is 0 Å². The number of carboxylic acid groups (broad SMARTS) is 1. The van der Waals surface area contributed by atoms with Gasteiger partial charge in [0.1, 0.15) is 5.54 Å². The second kappa shape index (κ2) is 3.38. The molecule has 0 saturated carbocycles. The van der Waals surface area contributed by atoms with Crippen molar-refractivity contribution in [3.05, 3.63) is 0 Å². The summed E-state index contributed by atoms with van der Waals surface area (Å²) in [7, 11) is 0. The summed E-state index contributed by atoms with van der Waals surface area (Å²) in [5.41, 5.74) is -1.04. The molecule has 1 aliphatic heterocycles. The van der Waals surface area contributed by atoms with Gasteiger partial charge in [0.05, 0.1) is 0 Å². The highest BCUT2D eigenvalue weighted by molar-refractivity contribution is 5.85. The van der Waals surface area contributed by atoms with Crippen LogP contribution in [0.1, 0.15) is 19.8 Å². The monoisotopic (exact) mass is 181 g/mol. The minimum atomic E-state index is -1.04. The van der Waals surface area contributed by atoms with E-state index >= 15 is 0 Å². The molecule has 0 aromatic carbocycles. The Labute approximate surface area is 71.2 Å². The Balaban J connectivity index is 0.000001000. The first-order valence-corrected chi connectivity index (χ1v) is 3.27. The number of aliphatic carboxylic acids is 1. The van der Waals surface area contributed by atoms with Crippen LogP contribution >= 0.6 is 12.4 Å². The van der Waals surface area contributed by atoms with E-state index in [2.05, 4.69) is 0 Å². The largest absolute Gasteiger partial charge is 0.480 e. The maximum atomic E-state index is 10.5. The van der Waals surface area contributed by atoms with E-state index in [4.69, 9.17) is 10.3 Å². The smallest absolute Gasteiger partial charge is 0.326 e. The lowest BCUT2D eigenvalue weighted by atomic mass is 10.0. The fourth-order valence-electron chi connectivity index (χ4n) is 1.17. The number of carbonyl (C=O) groups is 1. The van der Waals surface area contributed by atoms with Gasteiger partial charge < -0.3 is 10.3 Å². The lowest BCUT2D eigenvalue weighted by Crippen LogP contribution is -2.45. The number of halogens is 1. The van der Waals surface area contributed by atoms with Crippen molar-refractivity contribution in [1.29, 1.82) is 0 Å². The summed E-state index contributed by atoms with van der Waals surface area (Å²) in [4.78, 5) is 10.5. The third kappa shape index (κ3) is 1.64. The quantitative estimate of drug-likeness (QED) is 0.627. The van der Waals surface area contributed by atoms with E-state index in [9.17, 15) is 4.79 Å². The van der Waals surface area contributed by atoms with E-state index in [1.54, 1.807) is 0 Å². The summed E-state index contributed by atoms with van der Waals surface area (Å²) in [6.07, 6.45) is 1.28. The average Bonchev–Trinajstić information content (AvgIpc) is 2.15. The lowest BCUT2D eigenvalue weighted by Gasteiger charge is -2.24. The zero-order valence-electron chi connectivity index (χ0n) is 6.28. The molecule has 2 N–H and O–H groups in total. The number of hydroxylamine groups is 2. The fourth-order valence-corrected chi connectivity index (χ4v) is 1.17. The number of hydrogen-bond donors (Lipinski definition) is 2. The fraction of sp³-hybridized carbons (Fsp3) is 0.833. The van der Waals surface area contributed by atoms with Crippen molar-refractivity contribution in [3.8, 4) is 0 Å². The standard InChI is InChI=1S/C6H11NO3.ClH/c1-6(5(8)9)3-2-4-7(6)10;/h10H,2-4H2,1H3,(H,8,9);1H/t6-;/m0./s1. The highest BCUT2D eigenvalue weighted by atomic mass is 35.5. The molecule has 1 atom stereocenters. The predicted octanol–water partition coefficient (Wildman–Crippen LogP) is 0.736. The van der Waals surface area contributed by atoms with Gasteiger partial charge in [-0.1, -0.05) is 0 Å². The van der Waals surface area contributed by atoms with Gasteiger partial charge in [0.15, 0.2) is 0 Å². The van der Waals surface area contributed by atoms with Crippen LogP contribution in [0.25, 0.3) is 0 Å². The molecule has 1 saturated heterocycles. The van der Waals surface area contributed by atoms with Crippen LogP contribution in [0.3, 0.4) is 0 Å². The van der Waals surface area contributed by atoms with Crippen molar-refractivity contribution in [2.45, 2.75) is 25.3 Å². The van der Waals surface area contributed by atoms with E-state index in [-0.39, 0.29) is 12.4 Å². The molecular formula is C6H12ClNO3. The molecule has 0 amide bonds. The molecule has 1 aliphatic rings.